The summed E-state index contributed by atoms with van der Waals surface area (Å²) in [5.41, 5.74) is 13.7. The lowest BCUT2D eigenvalue weighted by molar-refractivity contribution is 0.650. The Morgan fingerprint density at radius 1 is 0.462 bits per heavy atom. The fourth-order valence-corrected chi connectivity index (χ4v) is 10.2. The van der Waals surface area contributed by atoms with E-state index in [0.717, 1.165) is 27.5 Å². The second-order valence-electron chi connectivity index (χ2n) is 15.2. The maximum atomic E-state index is 5.67. The number of rotatable bonds is 1. The van der Waals surface area contributed by atoms with E-state index in [2.05, 4.69) is 153 Å². The van der Waals surface area contributed by atoms with Crippen LogP contribution in [0.1, 0.15) is 47.7 Å². The van der Waals surface area contributed by atoms with Crippen molar-refractivity contribution in [2.75, 3.05) is 0 Å². The highest BCUT2D eigenvalue weighted by Crippen LogP contribution is 2.62. The summed E-state index contributed by atoms with van der Waals surface area (Å²) in [4.78, 5) is 10.5. The van der Waals surface area contributed by atoms with E-state index in [-0.39, 0.29) is 11.3 Å². The minimum Gasteiger partial charge on any atom is -0.254 e. The molecule has 2 aliphatic carbocycles. The van der Waals surface area contributed by atoms with Crippen molar-refractivity contribution >= 4 is 64.9 Å². The molecule has 0 amide bonds. The molecule has 2 aromatic heterocycles. The van der Waals surface area contributed by atoms with Crippen LogP contribution in [0.25, 0.3) is 87.1 Å². The van der Waals surface area contributed by atoms with Crippen LogP contribution in [0.4, 0.5) is 0 Å². The van der Waals surface area contributed by atoms with Gasteiger partial charge < -0.3 is 0 Å². The van der Waals surface area contributed by atoms with Crippen LogP contribution in [0.5, 0.6) is 0 Å². The zero-order valence-electron chi connectivity index (χ0n) is 28.9. The van der Waals surface area contributed by atoms with E-state index < -0.39 is 0 Å². The maximum Gasteiger partial charge on any atom is 0.0968 e. The van der Waals surface area contributed by atoms with Gasteiger partial charge in [-0.25, -0.2) is 4.98 Å². The van der Waals surface area contributed by atoms with E-state index in [1.807, 2.05) is 12.3 Å². The summed E-state index contributed by atoms with van der Waals surface area (Å²) >= 11 is 0. The summed E-state index contributed by atoms with van der Waals surface area (Å²) in [5, 5.41) is 12.7. The van der Waals surface area contributed by atoms with E-state index >= 15 is 0 Å². The van der Waals surface area contributed by atoms with Gasteiger partial charge in [-0.1, -0.05) is 147 Å². The molecule has 0 fully saturated rings. The summed E-state index contributed by atoms with van der Waals surface area (Å²) in [6, 6.07) is 54.0. The molecule has 0 N–H and O–H groups in total. The Morgan fingerprint density at radius 3 is 1.83 bits per heavy atom. The van der Waals surface area contributed by atoms with Crippen molar-refractivity contribution in [3.05, 3.63) is 180 Å². The number of hydrogen-bond acceptors (Lipinski definition) is 2. The van der Waals surface area contributed by atoms with E-state index in [9.17, 15) is 0 Å². The highest BCUT2D eigenvalue weighted by molar-refractivity contribution is 6.35. The highest BCUT2D eigenvalue weighted by atomic mass is 14.8. The van der Waals surface area contributed by atoms with Crippen LogP contribution in [0.2, 0.25) is 0 Å². The molecule has 0 radical (unpaired) electrons. The molecule has 12 rings (SSSR count). The lowest BCUT2D eigenvalue weighted by Crippen LogP contribution is -2.19. The van der Waals surface area contributed by atoms with Gasteiger partial charge in [0.05, 0.1) is 22.6 Å². The Hall–Kier alpha value is -6.38. The Kier molecular flexibility index (Phi) is 5.39. The molecule has 2 heterocycles. The predicted octanol–water partition coefficient (Wildman–Crippen LogP) is 12.9. The first-order valence-corrected chi connectivity index (χ1v) is 18.3. The standard InChI is InChI=1S/C50H32N2/c1-50(2)39-20-10-9-15-32(39)37-24-25-38-42-36-19-8-7-18-35(36)41-33-16-5-3-13-30(33)31-14-4-6-17-34(31)43(41)46(42)45(44(38)47(37)50)40-26-23-29-22-21-28-12-11-27-51-48(28)49(29)52-40/h3-27,45H,1-2H3. The van der Waals surface area contributed by atoms with Crippen molar-refractivity contribution in [3.63, 3.8) is 0 Å². The van der Waals surface area contributed by atoms with Crippen molar-refractivity contribution in [1.82, 2.24) is 9.97 Å². The minimum atomic E-state index is -0.191. The number of pyridine rings is 2. The van der Waals surface area contributed by atoms with Gasteiger partial charge in [0, 0.05) is 22.4 Å². The Balaban J connectivity index is 1.33. The Morgan fingerprint density at radius 2 is 1.06 bits per heavy atom. The summed E-state index contributed by atoms with van der Waals surface area (Å²) in [6.07, 6.45) is 1.89. The highest BCUT2D eigenvalue weighted by Gasteiger charge is 2.45. The third-order valence-corrected chi connectivity index (χ3v) is 12.3. The van der Waals surface area contributed by atoms with Gasteiger partial charge >= 0.3 is 0 Å². The largest absolute Gasteiger partial charge is 0.254 e. The van der Waals surface area contributed by atoms with Gasteiger partial charge in [-0.15, -0.1) is 0 Å². The van der Waals surface area contributed by atoms with Crippen LogP contribution >= 0.6 is 0 Å². The molecule has 1 atom stereocenters. The third kappa shape index (κ3) is 3.45. The minimum absolute atomic E-state index is 0.0893. The zero-order chi connectivity index (χ0) is 34.3. The molecule has 0 saturated heterocycles. The lowest BCUT2D eigenvalue weighted by atomic mass is 9.76. The number of hydrogen-bond donors (Lipinski definition) is 0. The number of benzene rings is 8. The first-order chi connectivity index (χ1) is 25.6. The van der Waals surface area contributed by atoms with Crippen LogP contribution in [0.3, 0.4) is 0 Å². The van der Waals surface area contributed by atoms with E-state index in [1.54, 1.807) is 0 Å². The molecule has 0 aliphatic heterocycles. The molecule has 2 nitrogen and oxygen atoms in total. The van der Waals surface area contributed by atoms with Crippen LogP contribution in [0.15, 0.2) is 152 Å². The zero-order valence-corrected chi connectivity index (χ0v) is 28.9. The molecule has 10 aromatic rings. The van der Waals surface area contributed by atoms with E-state index in [0.29, 0.717) is 0 Å². The van der Waals surface area contributed by atoms with Crippen LogP contribution in [-0.4, -0.2) is 9.97 Å². The molecule has 0 spiro atoms. The molecule has 2 aliphatic rings. The molecule has 242 valence electrons. The molecule has 0 saturated carbocycles. The topological polar surface area (TPSA) is 25.8 Å². The van der Waals surface area contributed by atoms with Crippen molar-refractivity contribution < 1.29 is 0 Å². The van der Waals surface area contributed by atoms with Crippen molar-refractivity contribution in [1.29, 1.82) is 0 Å². The Bertz CT molecular complexity index is 3220. The second-order valence-corrected chi connectivity index (χ2v) is 15.2. The monoisotopic (exact) mass is 660 g/mol. The maximum absolute atomic E-state index is 5.67. The fourth-order valence-electron chi connectivity index (χ4n) is 10.2. The number of fused-ring (bicyclic) bond motifs is 20. The van der Waals surface area contributed by atoms with Crippen molar-refractivity contribution in [2.24, 2.45) is 0 Å². The summed E-state index contributed by atoms with van der Waals surface area (Å²) in [6.45, 7) is 4.84. The summed E-state index contributed by atoms with van der Waals surface area (Å²) in [5.74, 6) is -0.0893. The molecule has 1 unspecified atom stereocenters. The lowest BCUT2D eigenvalue weighted by Gasteiger charge is -2.27. The fraction of sp³-hybridized carbons (Fsp3) is 0.0800. The molecule has 2 heteroatoms. The molecular weight excluding hydrogens is 629 g/mol. The second kappa shape index (κ2) is 9.90. The van der Waals surface area contributed by atoms with Gasteiger partial charge in [0.15, 0.2) is 0 Å². The normalized spacial score (nSPS) is 15.5. The molecular formula is C50H32N2. The summed E-state index contributed by atoms with van der Waals surface area (Å²) < 4.78 is 0. The van der Waals surface area contributed by atoms with E-state index in [1.165, 1.54) is 87.6 Å². The van der Waals surface area contributed by atoms with Gasteiger partial charge in [0.2, 0.25) is 0 Å². The first-order valence-electron chi connectivity index (χ1n) is 18.3. The number of aromatic nitrogens is 2. The smallest absolute Gasteiger partial charge is 0.0968 e. The van der Waals surface area contributed by atoms with Gasteiger partial charge in [-0.2, -0.15) is 0 Å². The van der Waals surface area contributed by atoms with Crippen molar-refractivity contribution in [2.45, 2.75) is 25.2 Å². The quantitative estimate of drug-likeness (QED) is 0.164. The van der Waals surface area contributed by atoms with E-state index in [4.69, 9.17) is 9.97 Å². The van der Waals surface area contributed by atoms with Crippen molar-refractivity contribution in [3.8, 4) is 22.3 Å². The SMILES string of the molecule is CC1(C)c2ccccc2-c2ccc3c(c21)C(c1ccc2ccc4cccnc4c2n1)c1c-3c2ccccc2c2c3ccccc3c3ccccc3c12. The van der Waals surface area contributed by atoms with Crippen LogP contribution in [-0.2, 0) is 5.41 Å². The van der Waals surface area contributed by atoms with Gasteiger partial charge in [-0.3, -0.25) is 4.98 Å². The van der Waals surface area contributed by atoms with Gasteiger partial charge in [-0.05, 0) is 99.7 Å². The van der Waals surface area contributed by atoms with Gasteiger partial charge in [0.25, 0.3) is 0 Å². The predicted molar refractivity (Wildman–Crippen MR) is 217 cm³/mol. The molecule has 52 heavy (non-hydrogen) atoms. The molecule has 0 bridgehead atoms. The Labute approximate surface area is 301 Å². The van der Waals surface area contributed by atoms with Gasteiger partial charge in [0.1, 0.15) is 0 Å². The van der Waals surface area contributed by atoms with Crippen LogP contribution in [0, 0.1) is 0 Å². The third-order valence-electron chi connectivity index (χ3n) is 12.3. The van der Waals surface area contributed by atoms with Crippen LogP contribution < -0.4 is 0 Å². The summed E-state index contributed by atoms with van der Waals surface area (Å²) in [7, 11) is 0. The average Bonchev–Trinajstić information content (AvgIpc) is 3.66. The average molecular weight is 661 g/mol. The first kappa shape index (κ1) is 28.3. The molecule has 8 aromatic carbocycles. The number of nitrogens with zero attached hydrogens (tertiary/aromatic N) is 2.